The Hall–Kier alpha value is -3.08. The number of benzene rings is 2. The second kappa shape index (κ2) is 4.49. The minimum atomic E-state index is 0.0589. The average molecular weight is 276 g/mol. The minimum absolute atomic E-state index is 0.0589. The molecule has 0 fully saturated rings. The number of aromatic nitrogens is 3. The fourth-order valence-corrected chi connectivity index (χ4v) is 2.40. The van der Waals surface area contributed by atoms with Crippen molar-refractivity contribution in [3.8, 4) is 5.88 Å². The van der Waals surface area contributed by atoms with Crippen molar-refractivity contribution in [2.45, 2.75) is 0 Å². The number of hydrogen-bond donors (Lipinski definition) is 3. The lowest BCUT2D eigenvalue weighted by Gasteiger charge is -1.91. The van der Waals surface area contributed by atoms with Crippen LogP contribution in [0.1, 0.15) is 5.82 Å². The van der Waals surface area contributed by atoms with E-state index in [-0.39, 0.29) is 5.88 Å². The molecule has 5 heteroatoms. The normalized spacial score (nSPS) is 11.8. The van der Waals surface area contributed by atoms with Crippen molar-refractivity contribution in [3.63, 3.8) is 0 Å². The SMILES string of the molecule is Oc1[nH]c2ccccc2c1N=Cc1nc2ccccc2[nH]1. The lowest BCUT2D eigenvalue weighted by atomic mass is 10.2. The number of para-hydroxylation sites is 3. The van der Waals surface area contributed by atoms with Crippen LogP contribution >= 0.6 is 0 Å². The predicted molar refractivity (Wildman–Crippen MR) is 83.3 cm³/mol. The van der Waals surface area contributed by atoms with Gasteiger partial charge in [-0.15, -0.1) is 0 Å². The van der Waals surface area contributed by atoms with E-state index < -0.39 is 0 Å². The first-order valence-corrected chi connectivity index (χ1v) is 6.60. The Balaban J connectivity index is 1.78. The van der Waals surface area contributed by atoms with E-state index in [1.54, 1.807) is 6.21 Å². The molecule has 0 saturated carbocycles. The fraction of sp³-hybridized carbons (Fsp3) is 0. The third kappa shape index (κ3) is 1.95. The molecule has 3 N–H and O–H groups in total. The Morgan fingerprint density at radius 3 is 2.57 bits per heavy atom. The number of aromatic hydroxyl groups is 1. The molecule has 4 aromatic rings. The summed E-state index contributed by atoms with van der Waals surface area (Å²) in [5, 5.41) is 10.8. The number of nitrogens with zero attached hydrogens (tertiary/aromatic N) is 2. The van der Waals surface area contributed by atoms with Crippen molar-refractivity contribution in [1.29, 1.82) is 0 Å². The Morgan fingerprint density at radius 2 is 1.71 bits per heavy atom. The van der Waals surface area contributed by atoms with Crippen LogP contribution < -0.4 is 0 Å². The van der Waals surface area contributed by atoms with E-state index in [0.717, 1.165) is 21.9 Å². The van der Waals surface area contributed by atoms with E-state index in [1.165, 1.54) is 0 Å². The molecule has 21 heavy (non-hydrogen) atoms. The molecule has 2 heterocycles. The monoisotopic (exact) mass is 276 g/mol. The van der Waals surface area contributed by atoms with Crippen molar-refractivity contribution in [2.24, 2.45) is 4.99 Å². The summed E-state index contributed by atoms with van der Waals surface area (Å²) < 4.78 is 0. The molecule has 0 spiro atoms. The van der Waals surface area contributed by atoms with Crippen molar-refractivity contribution >= 4 is 33.8 Å². The number of imidazole rings is 1. The zero-order valence-electron chi connectivity index (χ0n) is 11.0. The van der Waals surface area contributed by atoms with E-state index in [1.807, 2.05) is 48.5 Å². The van der Waals surface area contributed by atoms with Crippen molar-refractivity contribution < 1.29 is 5.11 Å². The highest BCUT2D eigenvalue weighted by atomic mass is 16.3. The number of nitrogens with one attached hydrogen (secondary N) is 2. The third-order valence-electron chi connectivity index (χ3n) is 3.38. The van der Waals surface area contributed by atoms with E-state index >= 15 is 0 Å². The summed E-state index contributed by atoms with van der Waals surface area (Å²) in [6, 6.07) is 15.4. The van der Waals surface area contributed by atoms with Gasteiger partial charge in [0.15, 0.2) is 0 Å². The Bertz CT molecular complexity index is 932. The molecule has 2 aromatic heterocycles. The molecule has 4 rings (SSSR count). The van der Waals surface area contributed by atoms with Crippen molar-refractivity contribution in [2.75, 3.05) is 0 Å². The molecule has 0 atom stereocenters. The summed E-state index contributed by atoms with van der Waals surface area (Å²) in [5.41, 5.74) is 3.22. The van der Waals surface area contributed by atoms with E-state index in [0.29, 0.717) is 11.5 Å². The fourth-order valence-electron chi connectivity index (χ4n) is 2.40. The Labute approximate surface area is 120 Å². The second-order valence-electron chi connectivity index (χ2n) is 4.77. The highest BCUT2D eigenvalue weighted by Crippen LogP contribution is 2.34. The summed E-state index contributed by atoms with van der Waals surface area (Å²) in [7, 11) is 0. The first-order chi connectivity index (χ1) is 10.3. The number of hydrogen-bond acceptors (Lipinski definition) is 3. The van der Waals surface area contributed by atoms with Crippen LogP contribution in [0.3, 0.4) is 0 Å². The van der Waals surface area contributed by atoms with Gasteiger partial charge in [0.05, 0.1) is 22.8 Å². The molecule has 0 amide bonds. The predicted octanol–water partition coefficient (Wildman–Crippen LogP) is 3.50. The first-order valence-electron chi connectivity index (χ1n) is 6.60. The molecule has 5 nitrogen and oxygen atoms in total. The van der Waals surface area contributed by atoms with Crippen molar-refractivity contribution in [3.05, 3.63) is 54.4 Å². The van der Waals surface area contributed by atoms with Crippen LogP contribution in [0, 0.1) is 0 Å². The zero-order valence-corrected chi connectivity index (χ0v) is 11.0. The van der Waals surface area contributed by atoms with Gasteiger partial charge in [-0.25, -0.2) is 9.98 Å². The van der Waals surface area contributed by atoms with Gasteiger partial charge >= 0.3 is 0 Å². The van der Waals surface area contributed by atoms with Crippen LogP contribution in [0.25, 0.3) is 21.9 Å². The summed E-state index contributed by atoms with van der Waals surface area (Å²) >= 11 is 0. The van der Waals surface area contributed by atoms with Gasteiger partial charge in [0.25, 0.3) is 0 Å². The third-order valence-corrected chi connectivity index (χ3v) is 3.38. The van der Waals surface area contributed by atoms with Crippen LogP contribution in [0.5, 0.6) is 5.88 Å². The maximum Gasteiger partial charge on any atom is 0.216 e. The van der Waals surface area contributed by atoms with Crippen LogP contribution in [0.4, 0.5) is 5.69 Å². The Morgan fingerprint density at radius 1 is 0.952 bits per heavy atom. The largest absolute Gasteiger partial charge is 0.493 e. The van der Waals surface area contributed by atoms with Crippen molar-refractivity contribution in [1.82, 2.24) is 15.0 Å². The van der Waals surface area contributed by atoms with Crippen LogP contribution in [-0.2, 0) is 0 Å². The van der Waals surface area contributed by atoms with Crippen LogP contribution in [-0.4, -0.2) is 26.3 Å². The lowest BCUT2D eigenvalue weighted by Crippen LogP contribution is -1.82. The summed E-state index contributed by atoms with van der Waals surface area (Å²) in [6.07, 6.45) is 1.62. The van der Waals surface area contributed by atoms with Gasteiger partial charge in [-0.05, 0) is 18.2 Å². The van der Waals surface area contributed by atoms with E-state index in [2.05, 4.69) is 19.9 Å². The number of aliphatic imine (C=N–C) groups is 1. The molecule has 0 aliphatic heterocycles. The standard InChI is InChI=1S/C16H12N4O/c21-16-15(10-5-1-2-6-11(10)20-16)17-9-14-18-12-7-3-4-8-13(12)19-14/h1-9,20-21H,(H,18,19). The molecule has 2 aromatic carbocycles. The summed E-state index contributed by atoms with van der Waals surface area (Å²) in [6.45, 7) is 0. The minimum Gasteiger partial charge on any atom is -0.493 e. The highest BCUT2D eigenvalue weighted by molar-refractivity contribution is 5.97. The molecule has 0 radical (unpaired) electrons. The van der Waals surface area contributed by atoms with Crippen LogP contribution in [0.2, 0.25) is 0 Å². The van der Waals surface area contributed by atoms with E-state index in [9.17, 15) is 5.11 Å². The molecule has 102 valence electrons. The quantitative estimate of drug-likeness (QED) is 0.490. The first kappa shape index (κ1) is 11.7. The topological polar surface area (TPSA) is 77.1 Å². The molecular weight excluding hydrogens is 264 g/mol. The van der Waals surface area contributed by atoms with Gasteiger partial charge in [0, 0.05) is 5.39 Å². The molecule has 0 unspecified atom stereocenters. The maximum atomic E-state index is 9.95. The molecule has 0 aliphatic carbocycles. The second-order valence-corrected chi connectivity index (χ2v) is 4.77. The number of rotatable bonds is 2. The molecule has 0 saturated heterocycles. The van der Waals surface area contributed by atoms with E-state index in [4.69, 9.17) is 0 Å². The van der Waals surface area contributed by atoms with Gasteiger partial charge in [-0.1, -0.05) is 30.3 Å². The summed E-state index contributed by atoms with van der Waals surface area (Å²) in [4.78, 5) is 14.9. The molecule has 0 bridgehead atoms. The Kier molecular flexibility index (Phi) is 2.50. The lowest BCUT2D eigenvalue weighted by molar-refractivity contribution is 0.460. The van der Waals surface area contributed by atoms with Gasteiger partial charge in [0.2, 0.25) is 5.88 Å². The number of fused-ring (bicyclic) bond motifs is 2. The highest BCUT2D eigenvalue weighted by Gasteiger charge is 2.08. The summed E-state index contributed by atoms with van der Waals surface area (Å²) in [5.74, 6) is 0.712. The molecular formula is C16H12N4O. The van der Waals surface area contributed by atoms with Gasteiger partial charge < -0.3 is 15.1 Å². The number of aromatic amines is 2. The smallest absolute Gasteiger partial charge is 0.216 e. The molecule has 0 aliphatic rings. The zero-order chi connectivity index (χ0) is 14.2. The van der Waals surface area contributed by atoms with Gasteiger partial charge in [-0.3, -0.25) is 0 Å². The van der Waals surface area contributed by atoms with Gasteiger partial charge in [-0.2, -0.15) is 0 Å². The van der Waals surface area contributed by atoms with Gasteiger partial charge in [0.1, 0.15) is 11.5 Å². The average Bonchev–Trinajstić information content (AvgIpc) is 3.04. The van der Waals surface area contributed by atoms with Crippen LogP contribution in [0.15, 0.2) is 53.5 Å². The number of H-pyrrole nitrogens is 2. The maximum absolute atomic E-state index is 9.95.